The van der Waals surface area contributed by atoms with Crippen molar-refractivity contribution in [2.75, 3.05) is 0 Å². The highest BCUT2D eigenvalue weighted by Gasteiger charge is 2.14. The predicted octanol–water partition coefficient (Wildman–Crippen LogP) is 5.48. The molecule has 1 atom stereocenters. The molecule has 0 heterocycles. The Morgan fingerprint density at radius 1 is 0.909 bits per heavy atom. The molecule has 0 N–H and O–H groups in total. The Bertz CT molecular complexity index is 303. The van der Waals surface area contributed by atoms with E-state index < -0.39 is 6.04 Å². The first kappa shape index (κ1) is 20.8. The highest BCUT2D eigenvalue weighted by atomic mass is 16.6. The maximum atomic E-state index is 11.0. The number of carbonyl (C=O) groups excluding carboxylic acids is 1. The van der Waals surface area contributed by atoms with Crippen molar-refractivity contribution in [2.45, 2.75) is 96.4 Å². The second kappa shape index (κ2) is 16.2. The topological polar surface area (TPSA) is 60.2 Å². The normalized spacial score (nSPS) is 12.6. The molecule has 0 aromatic carbocycles. The summed E-state index contributed by atoms with van der Waals surface area (Å²) in [4.78, 5) is 21.0. The number of rotatable bonds is 16. The quantitative estimate of drug-likeness (QED) is 0.125. The van der Waals surface area contributed by atoms with Gasteiger partial charge in [0, 0.05) is 17.8 Å². The molecule has 4 heteroatoms. The van der Waals surface area contributed by atoms with Crippen molar-refractivity contribution < 1.29 is 9.72 Å². The van der Waals surface area contributed by atoms with Gasteiger partial charge in [-0.05, 0) is 31.8 Å². The molecule has 0 saturated heterocycles. The molecule has 1 unspecified atom stereocenters. The van der Waals surface area contributed by atoms with Crippen LogP contribution in [0.3, 0.4) is 0 Å². The number of nitro groups is 1. The number of hydrogen-bond acceptors (Lipinski definition) is 3. The molecule has 128 valence electrons. The third-order valence-corrected chi connectivity index (χ3v) is 3.93. The van der Waals surface area contributed by atoms with Crippen LogP contribution < -0.4 is 0 Å². The smallest absolute Gasteiger partial charge is 0.231 e. The molecule has 0 aliphatic rings. The van der Waals surface area contributed by atoms with E-state index in [2.05, 4.69) is 6.92 Å². The van der Waals surface area contributed by atoms with Gasteiger partial charge in [0.25, 0.3) is 0 Å². The second-order valence-corrected chi connectivity index (χ2v) is 6.00. The number of hydrogen-bond donors (Lipinski definition) is 0. The zero-order chi connectivity index (χ0) is 16.5. The van der Waals surface area contributed by atoms with E-state index in [9.17, 15) is 14.9 Å². The minimum atomic E-state index is -0.505. The molecule has 0 amide bonds. The van der Waals surface area contributed by atoms with Gasteiger partial charge in [0.05, 0.1) is 0 Å². The van der Waals surface area contributed by atoms with Crippen LogP contribution in [-0.4, -0.2) is 17.3 Å². The summed E-state index contributed by atoms with van der Waals surface area (Å²) in [6, 6.07) is -0.505. The standard InChI is InChI=1S/C18H33NO3/c1-2-3-4-9-12-15-18(19(21)22)16-13-10-7-5-6-8-11-14-17-20/h12,15,17-18H,2-11,13-14,16H2,1H3/b15-12+. The van der Waals surface area contributed by atoms with Crippen molar-refractivity contribution >= 4 is 6.29 Å². The van der Waals surface area contributed by atoms with E-state index in [1.165, 1.54) is 25.7 Å². The van der Waals surface area contributed by atoms with Gasteiger partial charge >= 0.3 is 0 Å². The summed E-state index contributed by atoms with van der Waals surface area (Å²) < 4.78 is 0. The van der Waals surface area contributed by atoms with Crippen LogP contribution in [0.2, 0.25) is 0 Å². The number of nitrogens with zero attached hydrogens (tertiary/aromatic N) is 1. The van der Waals surface area contributed by atoms with Gasteiger partial charge in [-0.1, -0.05) is 57.9 Å². The minimum Gasteiger partial charge on any atom is -0.303 e. The van der Waals surface area contributed by atoms with Crippen molar-refractivity contribution in [3.63, 3.8) is 0 Å². The Labute approximate surface area is 135 Å². The Morgan fingerprint density at radius 3 is 2.09 bits per heavy atom. The average Bonchev–Trinajstić information content (AvgIpc) is 2.50. The predicted molar refractivity (Wildman–Crippen MR) is 91.7 cm³/mol. The third-order valence-electron chi connectivity index (χ3n) is 3.93. The van der Waals surface area contributed by atoms with E-state index in [1.807, 2.05) is 6.08 Å². The van der Waals surface area contributed by atoms with E-state index in [0.29, 0.717) is 12.8 Å². The van der Waals surface area contributed by atoms with Crippen molar-refractivity contribution in [3.05, 3.63) is 22.3 Å². The molecule has 0 bridgehead atoms. The van der Waals surface area contributed by atoms with Crippen molar-refractivity contribution in [2.24, 2.45) is 0 Å². The molecule has 0 aliphatic heterocycles. The summed E-state index contributed by atoms with van der Waals surface area (Å²) in [5.74, 6) is 0. The highest BCUT2D eigenvalue weighted by Crippen LogP contribution is 2.12. The molecule has 0 radical (unpaired) electrons. The molecule has 0 spiro atoms. The summed E-state index contributed by atoms with van der Waals surface area (Å²) in [5.41, 5.74) is 0. The molecule has 0 fully saturated rings. The van der Waals surface area contributed by atoms with Crippen LogP contribution in [0.15, 0.2) is 12.2 Å². The van der Waals surface area contributed by atoms with Crippen LogP contribution in [0.5, 0.6) is 0 Å². The lowest BCUT2D eigenvalue weighted by Crippen LogP contribution is -2.16. The summed E-state index contributed by atoms with van der Waals surface area (Å²) in [5, 5.41) is 11.0. The van der Waals surface area contributed by atoms with Crippen LogP contribution in [0, 0.1) is 10.1 Å². The monoisotopic (exact) mass is 311 g/mol. The molecular weight excluding hydrogens is 278 g/mol. The molecule has 0 aromatic heterocycles. The first-order valence-corrected chi connectivity index (χ1v) is 8.96. The van der Waals surface area contributed by atoms with Crippen molar-refractivity contribution in [1.82, 2.24) is 0 Å². The molecule has 0 rings (SSSR count). The van der Waals surface area contributed by atoms with Gasteiger partial charge in [0.1, 0.15) is 6.29 Å². The number of allylic oxidation sites excluding steroid dienone is 1. The van der Waals surface area contributed by atoms with Gasteiger partial charge in [-0.2, -0.15) is 0 Å². The molecule has 4 nitrogen and oxygen atoms in total. The molecule has 22 heavy (non-hydrogen) atoms. The van der Waals surface area contributed by atoms with E-state index >= 15 is 0 Å². The Morgan fingerprint density at radius 2 is 1.50 bits per heavy atom. The van der Waals surface area contributed by atoms with E-state index in [1.54, 1.807) is 6.08 Å². The first-order valence-electron chi connectivity index (χ1n) is 8.96. The fraction of sp³-hybridized carbons (Fsp3) is 0.833. The molecule has 0 aromatic rings. The maximum absolute atomic E-state index is 11.0. The van der Waals surface area contributed by atoms with Crippen LogP contribution >= 0.6 is 0 Å². The Kier molecular flexibility index (Phi) is 15.3. The molecular formula is C18H33NO3. The largest absolute Gasteiger partial charge is 0.303 e. The van der Waals surface area contributed by atoms with Crippen LogP contribution in [0.4, 0.5) is 0 Å². The minimum absolute atomic E-state index is 0.157. The van der Waals surface area contributed by atoms with Gasteiger partial charge in [0.2, 0.25) is 6.04 Å². The SMILES string of the molecule is CCCCC/C=C/C(CCCCCCCCCC=O)[N+](=O)[O-]. The molecule has 0 saturated carbocycles. The summed E-state index contributed by atoms with van der Waals surface area (Å²) >= 11 is 0. The van der Waals surface area contributed by atoms with E-state index in [4.69, 9.17) is 0 Å². The number of unbranched alkanes of at least 4 members (excludes halogenated alkanes) is 10. The van der Waals surface area contributed by atoms with Crippen molar-refractivity contribution in [3.8, 4) is 0 Å². The van der Waals surface area contributed by atoms with E-state index in [-0.39, 0.29) is 4.92 Å². The zero-order valence-corrected chi connectivity index (χ0v) is 14.2. The van der Waals surface area contributed by atoms with Crippen LogP contribution in [0.25, 0.3) is 0 Å². The van der Waals surface area contributed by atoms with Gasteiger partial charge in [-0.15, -0.1) is 0 Å². The van der Waals surface area contributed by atoms with Crippen LogP contribution in [0.1, 0.15) is 90.4 Å². The Balaban J connectivity index is 3.61. The van der Waals surface area contributed by atoms with Gasteiger partial charge in [-0.25, -0.2) is 0 Å². The average molecular weight is 311 g/mol. The zero-order valence-electron chi connectivity index (χ0n) is 14.2. The summed E-state index contributed by atoms with van der Waals surface area (Å²) in [7, 11) is 0. The number of carbonyl (C=O) groups is 1. The molecule has 0 aliphatic carbocycles. The first-order chi connectivity index (χ1) is 10.7. The van der Waals surface area contributed by atoms with Crippen LogP contribution in [-0.2, 0) is 4.79 Å². The number of aldehydes is 1. The van der Waals surface area contributed by atoms with Gasteiger partial charge in [0.15, 0.2) is 0 Å². The second-order valence-electron chi connectivity index (χ2n) is 6.00. The van der Waals surface area contributed by atoms with Gasteiger partial charge < -0.3 is 4.79 Å². The fourth-order valence-electron chi connectivity index (χ4n) is 2.50. The highest BCUT2D eigenvalue weighted by molar-refractivity contribution is 5.48. The summed E-state index contributed by atoms with van der Waals surface area (Å²) in [6.07, 6.45) is 18.1. The van der Waals surface area contributed by atoms with Gasteiger partial charge in [-0.3, -0.25) is 10.1 Å². The lowest BCUT2D eigenvalue weighted by Gasteiger charge is -2.05. The Hall–Kier alpha value is -1.19. The third kappa shape index (κ3) is 13.8. The fourth-order valence-corrected chi connectivity index (χ4v) is 2.50. The lowest BCUT2D eigenvalue weighted by atomic mass is 10.0. The summed E-state index contributed by atoms with van der Waals surface area (Å²) in [6.45, 7) is 2.16. The van der Waals surface area contributed by atoms with Crippen molar-refractivity contribution in [1.29, 1.82) is 0 Å². The lowest BCUT2D eigenvalue weighted by molar-refractivity contribution is -0.510. The maximum Gasteiger partial charge on any atom is 0.231 e. The van der Waals surface area contributed by atoms with E-state index in [0.717, 1.165) is 51.2 Å².